The quantitative estimate of drug-likeness (QED) is 0.914. The van der Waals surface area contributed by atoms with Crippen molar-refractivity contribution in [1.82, 2.24) is 20.3 Å². The summed E-state index contributed by atoms with van der Waals surface area (Å²) >= 11 is 6.02. The number of hydrogen-bond acceptors (Lipinski definition) is 3. The molecule has 102 valence electrons. The first-order valence-corrected chi connectivity index (χ1v) is 6.82. The summed E-state index contributed by atoms with van der Waals surface area (Å²) in [5.74, 6) is 0. The van der Waals surface area contributed by atoms with E-state index in [0.717, 1.165) is 23.7 Å². The number of aryl methyl sites for hydroxylation is 2. The molecule has 1 heterocycles. The Bertz CT molecular complexity index is 550. The van der Waals surface area contributed by atoms with Gasteiger partial charge in [0, 0.05) is 30.7 Å². The maximum atomic E-state index is 6.02. The second-order valence-electron chi connectivity index (χ2n) is 4.70. The summed E-state index contributed by atoms with van der Waals surface area (Å²) in [7, 11) is 1.88. The molecule has 2 rings (SSSR count). The van der Waals surface area contributed by atoms with Crippen LogP contribution in [0.2, 0.25) is 5.02 Å². The third kappa shape index (κ3) is 3.55. The van der Waals surface area contributed by atoms with Gasteiger partial charge in [-0.3, -0.25) is 4.68 Å². The van der Waals surface area contributed by atoms with Gasteiger partial charge in [0.15, 0.2) is 0 Å². The maximum absolute atomic E-state index is 6.02. The molecule has 0 fully saturated rings. The molecule has 1 aromatic carbocycles. The molecule has 0 aliphatic heterocycles. The molecule has 0 amide bonds. The highest BCUT2D eigenvalue weighted by Crippen LogP contribution is 2.23. The largest absolute Gasteiger partial charge is 0.310 e. The minimum absolute atomic E-state index is 0.235. The molecule has 0 radical (unpaired) electrons. The molecule has 0 saturated heterocycles. The van der Waals surface area contributed by atoms with Crippen molar-refractivity contribution in [3.63, 3.8) is 0 Å². The van der Waals surface area contributed by atoms with Crippen LogP contribution >= 0.6 is 11.6 Å². The summed E-state index contributed by atoms with van der Waals surface area (Å²) in [5.41, 5.74) is 3.45. The van der Waals surface area contributed by atoms with Gasteiger partial charge in [0.05, 0.1) is 5.69 Å². The average Bonchev–Trinajstić information content (AvgIpc) is 2.74. The summed E-state index contributed by atoms with van der Waals surface area (Å²) in [4.78, 5) is 0. The van der Waals surface area contributed by atoms with Gasteiger partial charge in [-0.2, -0.15) is 0 Å². The second kappa shape index (κ2) is 6.17. The van der Waals surface area contributed by atoms with E-state index in [4.69, 9.17) is 11.6 Å². The summed E-state index contributed by atoms with van der Waals surface area (Å²) < 4.78 is 1.73. The van der Waals surface area contributed by atoms with Crippen molar-refractivity contribution in [3.05, 3.63) is 46.2 Å². The molecule has 1 N–H and O–H groups in total. The molecule has 4 nitrogen and oxygen atoms in total. The van der Waals surface area contributed by atoms with E-state index in [9.17, 15) is 0 Å². The van der Waals surface area contributed by atoms with Crippen LogP contribution in [0.5, 0.6) is 0 Å². The number of nitrogens with one attached hydrogen (secondary N) is 1. The predicted octanol–water partition coefficient (Wildman–Crippen LogP) is 2.67. The van der Waals surface area contributed by atoms with Gasteiger partial charge in [-0.1, -0.05) is 29.8 Å². The topological polar surface area (TPSA) is 42.7 Å². The zero-order valence-corrected chi connectivity index (χ0v) is 12.3. The molecule has 0 aliphatic rings. The van der Waals surface area contributed by atoms with Crippen LogP contribution < -0.4 is 5.32 Å². The molecule has 0 saturated carbocycles. The van der Waals surface area contributed by atoms with E-state index in [-0.39, 0.29) is 6.04 Å². The number of benzene rings is 1. The Balaban J connectivity index is 2.23. The lowest BCUT2D eigenvalue weighted by molar-refractivity contribution is 0.541. The van der Waals surface area contributed by atoms with Crippen LogP contribution in [-0.2, 0) is 13.5 Å². The lowest BCUT2D eigenvalue weighted by Crippen LogP contribution is -2.23. The van der Waals surface area contributed by atoms with Crippen molar-refractivity contribution in [2.75, 3.05) is 6.54 Å². The first-order valence-electron chi connectivity index (χ1n) is 6.44. The monoisotopic (exact) mass is 278 g/mol. The van der Waals surface area contributed by atoms with Gasteiger partial charge in [-0.25, -0.2) is 0 Å². The average molecular weight is 279 g/mol. The van der Waals surface area contributed by atoms with Gasteiger partial charge in [-0.05, 0) is 36.7 Å². The van der Waals surface area contributed by atoms with Gasteiger partial charge in [0.1, 0.15) is 0 Å². The van der Waals surface area contributed by atoms with Gasteiger partial charge in [-0.15, -0.1) is 5.10 Å². The van der Waals surface area contributed by atoms with Crippen LogP contribution in [0, 0.1) is 6.92 Å². The Morgan fingerprint density at radius 2 is 2.21 bits per heavy atom. The Hall–Kier alpha value is -1.39. The standard InChI is InChI=1S/C14H19ClN4/c1-4-16-14(8-12-9-19(3)18-17-12)13-6-5-11(15)7-10(13)2/h5-7,9,14,16H,4,8H2,1-3H3. The molecule has 1 aromatic heterocycles. The minimum Gasteiger partial charge on any atom is -0.310 e. The molecule has 0 spiro atoms. The van der Waals surface area contributed by atoms with Crippen molar-refractivity contribution in [3.8, 4) is 0 Å². The van der Waals surface area contributed by atoms with E-state index in [1.54, 1.807) is 4.68 Å². The van der Waals surface area contributed by atoms with E-state index in [0.29, 0.717) is 0 Å². The minimum atomic E-state index is 0.235. The van der Waals surface area contributed by atoms with Gasteiger partial charge >= 0.3 is 0 Å². The smallest absolute Gasteiger partial charge is 0.0845 e. The van der Waals surface area contributed by atoms with Gasteiger partial charge in [0.25, 0.3) is 0 Å². The molecule has 0 bridgehead atoms. The zero-order valence-electron chi connectivity index (χ0n) is 11.5. The van der Waals surface area contributed by atoms with Crippen LogP contribution in [-0.4, -0.2) is 21.5 Å². The van der Waals surface area contributed by atoms with Gasteiger partial charge < -0.3 is 5.32 Å². The maximum Gasteiger partial charge on any atom is 0.0845 e. The summed E-state index contributed by atoms with van der Waals surface area (Å²) in [6.07, 6.45) is 2.78. The highest BCUT2D eigenvalue weighted by atomic mass is 35.5. The Labute approximate surface area is 118 Å². The number of halogens is 1. The summed E-state index contributed by atoms with van der Waals surface area (Å²) in [6, 6.07) is 6.25. The van der Waals surface area contributed by atoms with Crippen molar-refractivity contribution in [2.45, 2.75) is 26.3 Å². The fourth-order valence-electron chi connectivity index (χ4n) is 2.27. The van der Waals surface area contributed by atoms with Crippen LogP contribution in [0.15, 0.2) is 24.4 Å². The first-order chi connectivity index (χ1) is 9.10. The van der Waals surface area contributed by atoms with Crippen molar-refractivity contribution < 1.29 is 0 Å². The van der Waals surface area contributed by atoms with E-state index < -0.39 is 0 Å². The number of aromatic nitrogens is 3. The highest BCUT2D eigenvalue weighted by Gasteiger charge is 2.15. The molecule has 19 heavy (non-hydrogen) atoms. The van der Waals surface area contributed by atoms with Crippen molar-refractivity contribution in [1.29, 1.82) is 0 Å². The number of nitrogens with zero attached hydrogens (tertiary/aromatic N) is 3. The van der Waals surface area contributed by atoms with E-state index >= 15 is 0 Å². The zero-order chi connectivity index (χ0) is 13.8. The van der Waals surface area contributed by atoms with Crippen LogP contribution in [0.1, 0.15) is 29.8 Å². The molecular weight excluding hydrogens is 260 g/mol. The lowest BCUT2D eigenvalue weighted by atomic mass is 9.97. The third-order valence-electron chi connectivity index (χ3n) is 3.12. The molecule has 5 heteroatoms. The highest BCUT2D eigenvalue weighted by molar-refractivity contribution is 6.30. The van der Waals surface area contributed by atoms with E-state index in [1.165, 1.54) is 11.1 Å². The first kappa shape index (κ1) is 14.0. The van der Waals surface area contributed by atoms with E-state index in [2.05, 4.69) is 35.5 Å². The van der Waals surface area contributed by atoms with Crippen LogP contribution in [0.4, 0.5) is 0 Å². The normalized spacial score (nSPS) is 12.6. The Morgan fingerprint density at radius 1 is 1.42 bits per heavy atom. The number of likely N-dealkylation sites (N-methyl/N-ethyl adjacent to an activating group) is 1. The van der Waals surface area contributed by atoms with Gasteiger partial charge in [0.2, 0.25) is 0 Å². The molecule has 2 aromatic rings. The molecular formula is C14H19ClN4. The second-order valence-corrected chi connectivity index (χ2v) is 5.14. The van der Waals surface area contributed by atoms with Crippen molar-refractivity contribution in [2.24, 2.45) is 7.05 Å². The third-order valence-corrected chi connectivity index (χ3v) is 3.36. The van der Waals surface area contributed by atoms with Crippen molar-refractivity contribution >= 4 is 11.6 Å². The van der Waals surface area contributed by atoms with Crippen LogP contribution in [0.3, 0.4) is 0 Å². The Morgan fingerprint density at radius 3 is 2.79 bits per heavy atom. The van der Waals surface area contributed by atoms with Crippen LogP contribution in [0.25, 0.3) is 0 Å². The number of rotatable bonds is 5. The Kier molecular flexibility index (Phi) is 4.56. The predicted molar refractivity (Wildman–Crippen MR) is 77.3 cm³/mol. The summed E-state index contributed by atoms with van der Waals surface area (Å²) in [6.45, 7) is 5.10. The van der Waals surface area contributed by atoms with E-state index in [1.807, 2.05) is 25.4 Å². The molecule has 1 atom stereocenters. The fraction of sp³-hybridized carbons (Fsp3) is 0.429. The summed E-state index contributed by atoms with van der Waals surface area (Å²) in [5, 5.41) is 12.4. The lowest BCUT2D eigenvalue weighted by Gasteiger charge is -2.19. The fourth-order valence-corrected chi connectivity index (χ4v) is 2.49. The SMILES string of the molecule is CCNC(Cc1cn(C)nn1)c1ccc(Cl)cc1C. The number of hydrogen-bond donors (Lipinski definition) is 1. The molecule has 0 aliphatic carbocycles. The molecule has 1 unspecified atom stereocenters.